The smallest absolute Gasteiger partial charge is 0.136 e. The first-order valence-electron chi connectivity index (χ1n) is 6.79. The van der Waals surface area contributed by atoms with Crippen molar-refractivity contribution in [2.24, 2.45) is 0 Å². The monoisotopic (exact) mass is 272 g/mol. The molecule has 2 heteroatoms. The third kappa shape index (κ3) is 3.81. The molecule has 2 rings (SSSR count). The molecule has 0 bridgehead atoms. The van der Waals surface area contributed by atoms with E-state index in [0.717, 1.165) is 23.1 Å². The minimum atomic E-state index is 0.162. The first-order valence-corrected chi connectivity index (χ1v) is 6.79. The van der Waals surface area contributed by atoms with Gasteiger partial charge in [0.1, 0.15) is 17.7 Å². The van der Waals surface area contributed by atoms with Crippen LogP contribution in [0, 0.1) is 29.6 Å². The summed E-state index contributed by atoms with van der Waals surface area (Å²) in [6.45, 7) is 4.08. The number of nitrogens with zero attached hydrogens (tertiary/aromatic N) is 2. The molecule has 0 aliphatic heterocycles. The van der Waals surface area contributed by atoms with Gasteiger partial charge in [0, 0.05) is 5.57 Å². The van der Waals surface area contributed by atoms with Crippen LogP contribution in [0.25, 0.3) is 6.08 Å². The van der Waals surface area contributed by atoms with Crippen LogP contribution in [0.5, 0.6) is 0 Å². The highest BCUT2D eigenvalue weighted by Crippen LogP contribution is 2.25. The average Bonchev–Trinajstić information content (AvgIpc) is 2.47. The van der Waals surface area contributed by atoms with Crippen LogP contribution < -0.4 is 0 Å². The number of aryl methyl sites for hydroxylation is 1. The molecular weight excluding hydrogens is 256 g/mol. The average molecular weight is 272 g/mol. The number of hydrogen-bond acceptors (Lipinski definition) is 2. The Morgan fingerprint density at radius 1 is 1.00 bits per heavy atom. The first kappa shape index (κ1) is 14.6. The van der Waals surface area contributed by atoms with Gasteiger partial charge in [-0.25, -0.2) is 0 Å². The maximum Gasteiger partial charge on any atom is 0.136 e. The van der Waals surface area contributed by atoms with Crippen molar-refractivity contribution in [2.45, 2.75) is 20.3 Å². The Balaban J connectivity index is 2.29. The molecule has 0 unspecified atom stereocenters. The van der Waals surface area contributed by atoms with Gasteiger partial charge in [0.15, 0.2) is 0 Å². The predicted octanol–water partition coefficient (Wildman–Crippen LogP) is 4.63. The Kier molecular flexibility index (Phi) is 4.54. The highest BCUT2D eigenvalue weighted by atomic mass is 14.3. The van der Waals surface area contributed by atoms with Crippen molar-refractivity contribution in [3.8, 4) is 12.1 Å². The second-order valence-corrected chi connectivity index (χ2v) is 5.18. The molecule has 0 aromatic heterocycles. The highest BCUT2D eigenvalue weighted by molar-refractivity contribution is 5.59. The topological polar surface area (TPSA) is 47.6 Å². The number of nitriles is 2. The van der Waals surface area contributed by atoms with Crippen LogP contribution in [0.3, 0.4) is 0 Å². The van der Waals surface area contributed by atoms with Crippen molar-refractivity contribution in [3.63, 3.8) is 0 Å². The normalized spacial score (nSPS) is 14.2. The van der Waals surface area contributed by atoms with Gasteiger partial charge in [0.25, 0.3) is 0 Å². The predicted molar refractivity (Wildman–Crippen MR) is 84.9 cm³/mol. The second kappa shape index (κ2) is 6.55. The van der Waals surface area contributed by atoms with E-state index in [9.17, 15) is 0 Å². The summed E-state index contributed by atoms with van der Waals surface area (Å²) >= 11 is 0. The minimum absolute atomic E-state index is 0.162. The largest absolute Gasteiger partial charge is 0.192 e. The molecular formula is C19H16N2. The summed E-state index contributed by atoms with van der Waals surface area (Å²) < 4.78 is 0. The lowest BCUT2D eigenvalue weighted by Gasteiger charge is -2.11. The van der Waals surface area contributed by atoms with Crippen molar-refractivity contribution in [1.82, 2.24) is 0 Å². The van der Waals surface area contributed by atoms with Gasteiger partial charge in [0.2, 0.25) is 0 Å². The van der Waals surface area contributed by atoms with E-state index >= 15 is 0 Å². The van der Waals surface area contributed by atoms with E-state index in [0.29, 0.717) is 5.57 Å². The van der Waals surface area contributed by atoms with Gasteiger partial charge >= 0.3 is 0 Å². The number of allylic oxidation sites excluding steroid dienone is 7. The maximum atomic E-state index is 8.98. The van der Waals surface area contributed by atoms with Gasteiger partial charge in [-0.05, 0) is 37.5 Å². The molecule has 0 N–H and O–H groups in total. The highest BCUT2D eigenvalue weighted by Gasteiger charge is 2.09. The van der Waals surface area contributed by atoms with E-state index in [1.807, 2.05) is 37.3 Å². The Bertz CT molecular complexity index is 726. The molecule has 1 aromatic carbocycles. The fraction of sp³-hybridized carbons (Fsp3) is 0.158. The molecule has 0 spiro atoms. The summed E-state index contributed by atoms with van der Waals surface area (Å²) in [7, 11) is 0. The van der Waals surface area contributed by atoms with E-state index < -0.39 is 0 Å². The Morgan fingerprint density at radius 2 is 1.67 bits per heavy atom. The molecule has 2 nitrogen and oxygen atoms in total. The molecule has 0 amide bonds. The third-order valence-corrected chi connectivity index (χ3v) is 3.31. The van der Waals surface area contributed by atoms with Crippen LogP contribution in [0.1, 0.15) is 24.5 Å². The molecule has 0 heterocycles. The Hall–Kier alpha value is -2.84. The van der Waals surface area contributed by atoms with E-state index in [1.165, 1.54) is 5.56 Å². The lowest BCUT2D eigenvalue weighted by atomic mass is 9.93. The van der Waals surface area contributed by atoms with E-state index in [2.05, 4.69) is 37.3 Å². The molecule has 1 aliphatic rings. The molecule has 21 heavy (non-hydrogen) atoms. The number of rotatable bonds is 2. The fourth-order valence-corrected chi connectivity index (χ4v) is 2.22. The van der Waals surface area contributed by atoms with Gasteiger partial charge < -0.3 is 0 Å². The summed E-state index contributed by atoms with van der Waals surface area (Å²) in [6.07, 6.45) is 8.77. The maximum absolute atomic E-state index is 8.98. The second-order valence-electron chi connectivity index (χ2n) is 5.18. The molecule has 0 fully saturated rings. The molecule has 0 radical (unpaired) electrons. The van der Waals surface area contributed by atoms with Crippen LogP contribution in [0.2, 0.25) is 0 Å². The zero-order valence-electron chi connectivity index (χ0n) is 12.2. The van der Waals surface area contributed by atoms with Crippen molar-refractivity contribution >= 4 is 6.08 Å². The molecule has 0 saturated carbocycles. The lowest BCUT2D eigenvalue weighted by Crippen LogP contribution is -1.94. The van der Waals surface area contributed by atoms with E-state index in [-0.39, 0.29) is 5.57 Å². The van der Waals surface area contributed by atoms with Crippen molar-refractivity contribution < 1.29 is 0 Å². The molecule has 1 aliphatic carbocycles. The standard InChI is InChI=1S/C19H16N2/c1-14-3-5-16(6-4-14)7-8-17-9-15(2)10-18(11-17)19(12-20)13-21/h3-8,10-11H,9H2,1-2H3/b8-7+. The summed E-state index contributed by atoms with van der Waals surface area (Å²) in [5, 5.41) is 18.0. The number of benzene rings is 1. The van der Waals surface area contributed by atoms with E-state index in [1.54, 1.807) is 0 Å². The van der Waals surface area contributed by atoms with Crippen LogP contribution >= 0.6 is 0 Å². The SMILES string of the molecule is CC1=CC(=C(C#N)C#N)C=C(/C=C/c2ccc(C)cc2)C1. The van der Waals surface area contributed by atoms with Crippen LogP contribution in [-0.4, -0.2) is 0 Å². The zero-order valence-corrected chi connectivity index (χ0v) is 12.2. The fourth-order valence-electron chi connectivity index (χ4n) is 2.22. The lowest BCUT2D eigenvalue weighted by molar-refractivity contribution is 1.12. The summed E-state index contributed by atoms with van der Waals surface area (Å²) in [6, 6.07) is 12.2. The van der Waals surface area contributed by atoms with Crippen LogP contribution in [-0.2, 0) is 0 Å². The summed E-state index contributed by atoms with van der Waals surface area (Å²) in [4.78, 5) is 0. The Morgan fingerprint density at radius 3 is 2.29 bits per heavy atom. The quantitative estimate of drug-likeness (QED) is 0.737. The molecule has 0 saturated heterocycles. The van der Waals surface area contributed by atoms with Crippen molar-refractivity contribution in [3.05, 3.63) is 75.9 Å². The zero-order chi connectivity index (χ0) is 15.2. The van der Waals surface area contributed by atoms with E-state index in [4.69, 9.17) is 10.5 Å². The van der Waals surface area contributed by atoms with Gasteiger partial charge in [-0.1, -0.05) is 53.6 Å². The van der Waals surface area contributed by atoms with Crippen LogP contribution in [0.15, 0.2) is 64.8 Å². The van der Waals surface area contributed by atoms with Gasteiger partial charge in [-0.15, -0.1) is 0 Å². The minimum Gasteiger partial charge on any atom is -0.192 e. The number of hydrogen-bond donors (Lipinski definition) is 0. The third-order valence-electron chi connectivity index (χ3n) is 3.31. The van der Waals surface area contributed by atoms with Gasteiger partial charge in [0.05, 0.1) is 0 Å². The van der Waals surface area contributed by atoms with Gasteiger partial charge in [-0.3, -0.25) is 0 Å². The van der Waals surface area contributed by atoms with Crippen LogP contribution in [0.4, 0.5) is 0 Å². The first-order chi connectivity index (χ1) is 10.1. The summed E-state index contributed by atoms with van der Waals surface area (Å²) in [5.74, 6) is 0. The molecule has 1 aromatic rings. The van der Waals surface area contributed by atoms with Gasteiger partial charge in [-0.2, -0.15) is 10.5 Å². The summed E-state index contributed by atoms with van der Waals surface area (Å²) in [5.41, 5.74) is 5.50. The molecule has 0 atom stereocenters. The van der Waals surface area contributed by atoms with Crippen molar-refractivity contribution in [1.29, 1.82) is 10.5 Å². The van der Waals surface area contributed by atoms with Crippen molar-refractivity contribution in [2.75, 3.05) is 0 Å². The Labute approximate surface area is 125 Å². The molecule has 102 valence electrons.